The number of hydrogen-bond donors (Lipinski definition) is 2. The van der Waals surface area contributed by atoms with Crippen LogP contribution in [0.25, 0.3) is 0 Å². The van der Waals surface area contributed by atoms with Crippen LogP contribution in [0.1, 0.15) is 18.0 Å². The smallest absolute Gasteiger partial charge is 0.165 e. The summed E-state index contributed by atoms with van der Waals surface area (Å²) in [6.45, 7) is 0. The molecule has 0 amide bonds. The van der Waals surface area contributed by atoms with E-state index >= 15 is 0 Å². The van der Waals surface area contributed by atoms with E-state index in [-0.39, 0.29) is 17.6 Å². The lowest BCUT2D eigenvalue weighted by Gasteiger charge is -2.11. The topological polar surface area (TPSA) is 35.2 Å². The Labute approximate surface area is 88.7 Å². The van der Waals surface area contributed by atoms with Gasteiger partial charge in [0.1, 0.15) is 0 Å². The summed E-state index contributed by atoms with van der Waals surface area (Å²) in [6, 6.07) is 4.61. The van der Waals surface area contributed by atoms with Crippen molar-refractivity contribution in [3.8, 4) is 5.75 Å². The standard InChI is InChI=1S/C10H14FNOS/c1-13-10-3-2-7(6-8(10)11)9(12)4-5-14/h2-3,6,9,14H,4-5,12H2,1H3. The van der Waals surface area contributed by atoms with Gasteiger partial charge in [0.2, 0.25) is 0 Å². The van der Waals surface area contributed by atoms with E-state index in [1.165, 1.54) is 13.2 Å². The molecule has 1 rings (SSSR count). The van der Waals surface area contributed by atoms with Gasteiger partial charge in [-0.2, -0.15) is 12.6 Å². The first-order valence-corrected chi connectivity index (χ1v) is 5.02. The van der Waals surface area contributed by atoms with Gasteiger partial charge >= 0.3 is 0 Å². The van der Waals surface area contributed by atoms with Crippen LogP contribution >= 0.6 is 12.6 Å². The third-order valence-electron chi connectivity index (χ3n) is 2.04. The van der Waals surface area contributed by atoms with Crippen LogP contribution in [0.4, 0.5) is 4.39 Å². The fourth-order valence-electron chi connectivity index (χ4n) is 1.22. The molecule has 0 aliphatic carbocycles. The SMILES string of the molecule is COc1ccc(C(N)CCS)cc1F. The lowest BCUT2D eigenvalue weighted by atomic mass is 10.1. The summed E-state index contributed by atoms with van der Waals surface area (Å²) in [4.78, 5) is 0. The minimum atomic E-state index is -0.375. The fourth-order valence-corrected chi connectivity index (χ4v) is 1.50. The van der Waals surface area contributed by atoms with Crippen molar-refractivity contribution in [2.45, 2.75) is 12.5 Å². The molecule has 0 fully saturated rings. The van der Waals surface area contributed by atoms with Gasteiger partial charge in [0.05, 0.1) is 7.11 Å². The Hall–Kier alpha value is -0.740. The van der Waals surface area contributed by atoms with Crippen LogP contribution in [-0.4, -0.2) is 12.9 Å². The molecule has 0 aliphatic rings. The van der Waals surface area contributed by atoms with E-state index in [2.05, 4.69) is 12.6 Å². The van der Waals surface area contributed by atoms with Gasteiger partial charge in [-0.3, -0.25) is 0 Å². The first kappa shape index (κ1) is 11.3. The molecular weight excluding hydrogens is 201 g/mol. The van der Waals surface area contributed by atoms with Crippen molar-refractivity contribution in [2.24, 2.45) is 5.73 Å². The molecule has 2 N–H and O–H groups in total. The summed E-state index contributed by atoms with van der Waals surface area (Å²) in [5.74, 6) is 0.556. The summed E-state index contributed by atoms with van der Waals surface area (Å²) in [7, 11) is 1.44. The van der Waals surface area contributed by atoms with Gasteiger partial charge in [-0.15, -0.1) is 0 Å². The van der Waals surface area contributed by atoms with Crippen molar-refractivity contribution in [2.75, 3.05) is 12.9 Å². The van der Waals surface area contributed by atoms with Gasteiger partial charge in [-0.1, -0.05) is 6.07 Å². The Bertz CT molecular complexity index is 306. The van der Waals surface area contributed by atoms with Crippen LogP contribution < -0.4 is 10.5 Å². The largest absolute Gasteiger partial charge is 0.494 e. The molecule has 0 bridgehead atoms. The zero-order valence-electron chi connectivity index (χ0n) is 8.03. The highest BCUT2D eigenvalue weighted by Gasteiger charge is 2.08. The van der Waals surface area contributed by atoms with E-state index in [0.29, 0.717) is 5.75 Å². The second kappa shape index (κ2) is 5.22. The molecule has 1 aromatic carbocycles. The van der Waals surface area contributed by atoms with Gasteiger partial charge in [-0.05, 0) is 29.9 Å². The number of thiol groups is 1. The number of rotatable bonds is 4. The second-order valence-corrected chi connectivity index (χ2v) is 3.46. The van der Waals surface area contributed by atoms with Crippen molar-refractivity contribution in [1.29, 1.82) is 0 Å². The van der Waals surface area contributed by atoms with Gasteiger partial charge in [-0.25, -0.2) is 4.39 Å². The molecule has 1 aromatic rings. The Morgan fingerprint density at radius 2 is 2.29 bits per heavy atom. The van der Waals surface area contributed by atoms with Crippen molar-refractivity contribution >= 4 is 12.6 Å². The normalized spacial score (nSPS) is 12.6. The van der Waals surface area contributed by atoms with Crippen molar-refractivity contribution in [3.63, 3.8) is 0 Å². The molecule has 0 saturated carbocycles. The average molecular weight is 215 g/mol. The van der Waals surface area contributed by atoms with E-state index < -0.39 is 0 Å². The van der Waals surface area contributed by atoms with Gasteiger partial charge < -0.3 is 10.5 Å². The van der Waals surface area contributed by atoms with Crippen molar-refractivity contribution < 1.29 is 9.13 Å². The summed E-state index contributed by atoms with van der Waals surface area (Å²) in [5, 5.41) is 0. The Morgan fingerprint density at radius 3 is 2.79 bits per heavy atom. The Balaban J connectivity index is 2.85. The number of ether oxygens (including phenoxy) is 1. The molecule has 0 radical (unpaired) electrons. The monoisotopic (exact) mass is 215 g/mol. The molecule has 4 heteroatoms. The third-order valence-corrected chi connectivity index (χ3v) is 2.30. The maximum atomic E-state index is 13.3. The summed E-state index contributed by atoms with van der Waals surface area (Å²) < 4.78 is 18.1. The summed E-state index contributed by atoms with van der Waals surface area (Å²) in [6.07, 6.45) is 0.731. The zero-order valence-corrected chi connectivity index (χ0v) is 8.93. The highest BCUT2D eigenvalue weighted by molar-refractivity contribution is 7.80. The van der Waals surface area contributed by atoms with Gasteiger partial charge in [0.15, 0.2) is 11.6 Å². The minimum Gasteiger partial charge on any atom is -0.494 e. The Morgan fingerprint density at radius 1 is 1.57 bits per heavy atom. The van der Waals surface area contributed by atoms with Crippen LogP contribution in [0.5, 0.6) is 5.75 Å². The maximum absolute atomic E-state index is 13.3. The van der Waals surface area contributed by atoms with Crippen LogP contribution in [0.3, 0.4) is 0 Å². The highest BCUT2D eigenvalue weighted by Crippen LogP contribution is 2.22. The molecule has 2 nitrogen and oxygen atoms in total. The first-order valence-electron chi connectivity index (χ1n) is 4.39. The van der Waals surface area contributed by atoms with E-state index in [4.69, 9.17) is 10.5 Å². The van der Waals surface area contributed by atoms with E-state index in [0.717, 1.165) is 12.0 Å². The molecule has 78 valence electrons. The van der Waals surface area contributed by atoms with Crippen LogP contribution in [0.15, 0.2) is 18.2 Å². The quantitative estimate of drug-likeness (QED) is 0.755. The third kappa shape index (κ3) is 2.62. The number of hydrogen-bond acceptors (Lipinski definition) is 3. The zero-order chi connectivity index (χ0) is 10.6. The molecule has 0 aromatic heterocycles. The number of nitrogens with two attached hydrogens (primary N) is 1. The van der Waals surface area contributed by atoms with E-state index in [1.54, 1.807) is 12.1 Å². The molecule has 0 spiro atoms. The predicted molar refractivity (Wildman–Crippen MR) is 58.4 cm³/mol. The first-order chi connectivity index (χ1) is 6.69. The molecule has 0 heterocycles. The van der Waals surface area contributed by atoms with Gasteiger partial charge in [0.25, 0.3) is 0 Å². The molecule has 0 aliphatic heterocycles. The average Bonchev–Trinajstić information content (AvgIpc) is 2.18. The molecule has 1 atom stereocenters. The molecule has 0 saturated heterocycles. The lowest BCUT2D eigenvalue weighted by molar-refractivity contribution is 0.386. The van der Waals surface area contributed by atoms with Gasteiger partial charge in [0, 0.05) is 6.04 Å². The highest BCUT2D eigenvalue weighted by atomic mass is 32.1. The van der Waals surface area contributed by atoms with Crippen molar-refractivity contribution in [1.82, 2.24) is 0 Å². The predicted octanol–water partition coefficient (Wildman–Crippen LogP) is 2.15. The Kier molecular flexibility index (Phi) is 4.22. The molecular formula is C10H14FNOS. The second-order valence-electron chi connectivity index (χ2n) is 3.01. The van der Waals surface area contributed by atoms with E-state index in [1.807, 2.05) is 0 Å². The van der Waals surface area contributed by atoms with Crippen molar-refractivity contribution in [3.05, 3.63) is 29.6 Å². The van der Waals surface area contributed by atoms with Crippen LogP contribution in [0, 0.1) is 5.82 Å². The minimum absolute atomic E-state index is 0.159. The lowest BCUT2D eigenvalue weighted by Crippen LogP contribution is -2.11. The fraction of sp³-hybridized carbons (Fsp3) is 0.400. The number of benzene rings is 1. The molecule has 1 unspecified atom stereocenters. The maximum Gasteiger partial charge on any atom is 0.165 e. The molecule has 14 heavy (non-hydrogen) atoms. The summed E-state index contributed by atoms with van der Waals surface area (Å²) >= 11 is 4.08. The number of halogens is 1. The van der Waals surface area contributed by atoms with E-state index in [9.17, 15) is 4.39 Å². The van der Waals surface area contributed by atoms with Crippen LogP contribution in [0.2, 0.25) is 0 Å². The number of methoxy groups -OCH3 is 1. The van der Waals surface area contributed by atoms with Crippen LogP contribution in [-0.2, 0) is 0 Å². The summed E-state index contributed by atoms with van der Waals surface area (Å²) in [5.41, 5.74) is 6.58.